The molecule has 1 N–H and O–H groups in total. The predicted molar refractivity (Wildman–Crippen MR) is 156 cm³/mol. The second-order valence-electron chi connectivity index (χ2n) is 9.16. The van der Waals surface area contributed by atoms with E-state index in [0.29, 0.717) is 33.8 Å². The number of amides is 1. The van der Waals surface area contributed by atoms with E-state index in [0.717, 1.165) is 54.5 Å². The van der Waals surface area contributed by atoms with Crippen molar-refractivity contribution in [2.45, 2.75) is 50.6 Å². The van der Waals surface area contributed by atoms with Gasteiger partial charge >= 0.3 is 5.97 Å². The minimum absolute atomic E-state index is 0.151. The van der Waals surface area contributed by atoms with Crippen molar-refractivity contribution in [2.75, 3.05) is 17.7 Å². The number of carbonyl (C=O) groups excluding carboxylic acids is 2. The molecule has 4 aromatic rings. The van der Waals surface area contributed by atoms with Crippen molar-refractivity contribution < 1.29 is 14.3 Å². The van der Waals surface area contributed by atoms with E-state index in [1.54, 1.807) is 6.92 Å². The highest BCUT2D eigenvalue weighted by Gasteiger charge is 2.26. The quantitative estimate of drug-likeness (QED) is 0.137. The molecule has 0 atom stereocenters. The van der Waals surface area contributed by atoms with Gasteiger partial charge in [-0.3, -0.25) is 4.79 Å². The van der Waals surface area contributed by atoms with Gasteiger partial charge in [-0.05, 0) is 38.2 Å². The first-order valence-electron chi connectivity index (χ1n) is 13.2. The van der Waals surface area contributed by atoms with Crippen LogP contribution in [0.1, 0.15) is 53.4 Å². The smallest absolute Gasteiger partial charge is 0.341 e. The van der Waals surface area contributed by atoms with Crippen LogP contribution in [0.5, 0.6) is 0 Å². The summed E-state index contributed by atoms with van der Waals surface area (Å²) in [6.45, 7) is 2.10. The molecule has 0 fully saturated rings. The normalized spacial score (nSPS) is 12.8. The molecule has 200 valence electrons. The van der Waals surface area contributed by atoms with Crippen LogP contribution in [0.25, 0.3) is 22.5 Å². The maximum Gasteiger partial charge on any atom is 0.341 e. The minimum Gasteiger partial charge on any atom is -0.462 e. The van der Waals surface area contributed by atoms with Gasteiger partial charge in [0.1, 0.15) is 16.4 Å². The minimum atomic E-state index is -0.354. The summed E-state index contributed by atoms with van der Waals surface area (Å²) in [5, 5.41) is 12.9. The number of esters is 1. The van der Waals surface area contributed by atoms with Crippen LogP contribution in [0.15, 0.2) is 65.8 Å². The number of hydrogen-bond donors (Lipinski definition) is 1. The molecule has 1 amide bonds. The van der Waals surface area contributed by atoms with Gasteiger partial charge in [-0.2, -0.15) is 0 Å². The lowest BCUT2D eigenvalue weighted by molar-refractivity contribution is -0.115. The van der Waals surface area contributed by atoms with Crippen LogP contribution in [0, 0.1) is 0 Å². The number of aromatic nitrogens is 3. The number of ether oxygens (including phenoxy) is 1. The van der Waals surface area contributed by atoms with Crippen molar-refractivity contribution in [1.82, 2.24) is 15.2 Å². The molecular weight excluding hydrogens is 528 g/mol. The lowest BCUT2D eigenvalue weighted by Crippen LogP contribution is -2.15. The molecule has 0 aliphatic heterocycles. The van der Waals surface area contributed by atoms with Gasteiger partial charge in [-0.1, -0.05) is 78.8 Å². The van der Waals surface area contributed by atoms with E-state index in [4.69, 9.17) is 9.72 Å². The van der Waals surface area contributed by atoms with Gasteiger partial charge in [0, 0.05) is 28.2 Å². The number of hydrogen-bond acceptors (Lipinski definition) is 8. The van der Waals surface area contributed by atoms with E-state index < -0.39 is 0 Å². The van der Waals surface area contributed by atoms with Crippen LogP contribution in [0.4, 0.5) is 5.00 Å². The Labute approximate surface area is 236 Å². The zero-order valence-electron chi connectivity index (χ0n) is 21.8. The lowest BCUT2D eigenvalue weighted by Gasteiger charge is -2.10. The summed E-state index contributed by atoms with van der Waals surface area (Å²) < 4.78 is 5.33. The molecule has 2 aromatic carbocycles. The van der Waals surface area contributed by atoms with E-state index in [2.05, 4.69) is 15.5 Å². The number of benzene rings is 2. The van der Waals surface area contributed by atoms with E-state index >= 15 is 0 Å². The van der Waals surface area contributed by atoms with Gasteiger partial charge < -0.3 is 10.1 Å². The Bertz CT molecular complexity index is 1440. The molecule has 2 aromatic heterocycles. The third-order valence-electron chi connectivity index (χ3n) is 6.48. The SMILES string of the molecule is CCOC(=O)c1c(NC(=O)CCSc2nnc(-c3ccccc3)c(-c3ccccc3)n2)sc2c1CCCCC2. The van der Waals surface area contributed by atoms with Crippen LogP contribution in [0.3, 0.4) is 0 Å². The number of fused-ring (bicyclic) bond motifs is 1. The largest absolute Gasteiger partial charge is 0.462 e. The predicted octanol–water partition coefficient (Wildman–Crippen LogP) is 6.83. The monoisotopic (exact) mass is 558 g/mol. The average molecular weight is 559 g/mol. The molecule has 1 aliphatic carbocycles. The number of anilines is 1. The average Bonchev–Trinajstić information content (AvgIpc) is 3.13. The summed E-state index contributed by atoms with van der Waals surface area (Å²) in [6.07, 6.45) is 5.33. The highest BCUT2D eigenvalue weighted by molar-refractivity contribution is 7.99. The van der Waals surface area contributed by atoms with Crippen molar-refractivity contribution in [3.8, 4) is 22.5 Å². The summed E-state index contributed by atoms with van der Waals surface area (Å²) in [6, 6.07) is 19.8. The molecule has 0 radical (unpaired) electrons. The van der Waals surface area contributed by atoms with Crippen LogP contribution >= 0.6 is 23.1 Å². The lowest BCUT2D eigenvalue weighted by atomic mass is 10.0. The van der Waals surface area contributed by atoms with E-state index in [9.17, 15) is 9.59 Å². The first kappa shape index (κ1) is 27.0. The van der Waals surface area contributed by atoms with Gasteiger partial charge in [-0.15, -0.1) is 21.5 Å². The maximum atomic E-state index is 12.9. The highest BCUT2D eigenvalue weighted by atomic mass is 32.2. The number of nitrogens with zero attached hydrogens (tertiary/aromatic N) is 3. The third-order valence-corrected chi connectivity index (χ3v) is 8.52. The molecule has 5 rings (SSSR count). The van der Waals surface area contributed by atoms with Crippen molar-refractivity contribution in [2.24, 2.45) is 0 Å². The second-order valence-corrected chi connectivity index (χ2v) is 11.3. The van der Waals surface area contributed by atoms with Crippen molar-refractivity contribution >= 4 is 40.0 Å². The van der Waals surface area contributed by atoms with E-state index in [-0.39, 0.29) is 18.3 Å². The summed E-state index contributed by atoms with van der Waals surface area (Å²) >= 11 is 2.90. The fourth-order valence-corrected chi connectivity index (χ4v) is 6.65. The molecule has 0 unspecified atom stereocenters. The van der Waals surface area contributed by atoms with Crippen LogP contribution in [-0.4, -0.2) is 39.4 Å². The molecule has 0 bridgehead atoms. The standard InChI is InChI=1S/C30H30N4O3S2/c1-2-37-29(36)25-22-16-10-5-11-17-23(22)39-28(25)31-24(35)18-19-38-30-32-26(20-12-6-3-7-13-20)27(33-34-30)21-14-8-4-9-15-21/h3-4,6-9,12-15H,2,5,10-11,16-19H2,1H3,(H,31,35). The molecular formula is C30H30N4O3S2. The molecule has 9 heteroatoms. The second kappa shape index (κ2) is 13.0. The summed E-state index contributed by atoms with van der Waals surface area (Å²) in [7, 11) is 0. The van der Waals surface area contributed by atoms with E-state index in [1.165, 1.54) is 28.0 Å². The number of thiophene rings is 1. The van der Waals surface area contributed by atoms with Gasteiger partial charge in [0.15, 0.2) is 0 Å². The number of carbonyl (C=O) groups is 2. The number of nitrogens with one attached hydrogen (secondary N) is 1. The third kappa shape index (κ3) is 6.54. The van der Waals surface area contributed by atoms with Gasteiger partial charge in [0.05, 0.1) is 12.2 Å². The number of rotatable bonds is 9. The molecule has 39 heavy (non-hydrogen) atoms. The Morgan fingerprint density at radius 2 is 1.62 bits per heavy atom. The van der Waals surface area contributed by atoms with Crippen molar-refractivity contribution in [3.63, 3.8) is 0 Å². The van der Waals surface area contributed by atoms with Crippen LogP contribution < -0.4 is 5.32 Å². The zero-order valence-corrected chi connectivity index (χ0v) is 23.4. The van der Waals surface area contributed by atoms with E-state index in [1.807, 2.05) is 60.7 Å². The molecule has 2 heterocycles. The van der Waals surface area contributed by atoms with Gasteiger partial charge in [0.25, 0.3) is 0 Å². The highest BCUT2D eigenvalue weighted by Crippen LogP contribution is 2.38. The topological polar surface area (TPSA) is 94.1 Å². The molecule has 7 nitrogen and oxygen atoms in total. The number of aryl methyl sites for hydroxylation is 1. The zero-order chi connectivity index (χ0) is 27.0. The first-order valence-corrected chi connectivity index (χ1v) is 15.0. The van der Waals surface area contributed by atoms with Gasteiger partial charge in [0.2, 0.25) is 11.1 Å². The fourth-order valence-electron chi connectivity index (χ4n) is 4.63. The van der Waals surface area contributed by atoms with Crippen molar-refractivity contribution in [1.29, 1.82) is 0 Å². The Hall–Kier alpha value is -3.56. The first-order chi connectivity index (χ1) is 19.1. The molecule has 0 saturated heterocycles. The molecule has 0 saturated carbocycles. The van der Waals surface area contributed by atoms with Crippen LogP contribution in [-0.2, 0) is 22.4 Å². The number of thioether (sulfide) groups is 1. The Balaban J connectivity index is 1.28. The van der Waals surface area contributed by atoms with Crippen molar-refractivity contribution in [3.05, 3.63) is 76.7 Å². The van der Waals surface area contributed by atoms with Gasteiger partial charge in [-0.25, -0.2) is 9.78 Å². The van der Waals surface area contributed by atoms with Crippen LogP contribution in [0.2, 0.25) is 0 Å². The molecule has 0 spiro atoms. The summed E-state index contributed by atoms with van der Waals surface area (Å²) in [4.78, 5) is 31.7. The summed E-state index contributed by atoms with van der Waals surface area (Å²) in [5.41, 5.74) is 4.95. The summed E-state index contributed by atoms with van der Waals surface area (Å²) in [5.74, 6) is -0.0266. The Morgan fingerprint density at radius 3 is 2.33 bits per heavy atom. The maximum absolute atomic E-state index is 12.9. The fraction of sp³-hybridized carbons (Fsp3) is 0.300. The molecule has 1 aliphatic rings. The Morgan fingerprint density at radius 1 is 0.923 bits per heavy atom. The Kier molecular flexibility index (Phi) is 9.00.